The molecular formula is C48H59Cl3N8O10. The van der Waals surface area contributed by atoms with Crippen molar-refractivity contribution >= 4 is 75.2 Å². The fraction of sp³-hybridized carbons (Fsp3) is 0.438. The molecule has 2 heterocycles. The van der Waals surface area contributed by atoms with E-state index in [0.717, 1.165) is 17.8 Å². The molecule has 0 aliphatic rings. The maximum Gasteiger partial charge on any atom is 0.326 e. The van der Waals surface area contributed by atoms with E-state index in [4.69, 9.17) is 58.7 Å². The second kappa shape index (κ2) is 25.7. The first-order valence-electron chi connectivity index (χ1n) is 22.5. The van der Waals surface area contributed by atoms with E-state index in [0.29, 0.717) is 64.4 Å². The van der Waals surface area contributed by atoms with E-state index < -0.39 is 23.5 Å². The summed E-state index contributed by atoms with van der Waals surface area (Å²) >= 11 is 19.2. The summed E-state index contributed by atoms with van der Waals surface area (Å²) < 4.78 is 24.1. The number of aromatic nitrogens is 4. The molecule has 0 fully saturated rings. The highest BCUT2D eigenvalue weighted by atomic mass is 35.5. The van der Waals surface area contributed by atoms with Crippen molar-refractivity contribution in [2.24, 2.45) is 0 Å². The standard InChI is InChI=1S/C48H59Cl3N8O10/c1-7-58(6)33-12-10-31(11-13-33)44(61)54-37(46(63)64)16-17-39(60)52-18-20-66-22-24-68-25-23-67-21-19-53-47(65)48(4,5)69-34-14-8-30(9-15-34)26-38-55-43-40(45(62)56-38)41(29(2)3)57-59(43)42-35(50)27-32(49)28-36(42)51/h8-15,27-29,37H,7,16-26H2,1-6H3,(H,52,60)(H,53,65)(H,54,61)(H,63,64)(H,55,56,62)/t37-/m1/s1. The molecule has 0 bridgehead atoms. The molecule has 0 aliphatic carbocycles. The lowest BCUT2D eigenvalue weighted by molar-refractivity contribution is -0.139. The molecule has 372 valence electrons. The fourth-order valence-electron chi connectivity index (χ4n) is 6.85. The number of nitrogens with one attached hydrogen (secondary N) is 4. The summed E-state index contributed by atoms with van der Waals surface area (Å²) in [5.74, 6) is -1.69. The Morgan fingerprint density at radius 2 is 1.46 bits per heavy atom. The van der Waals surface area contributed by atoms with Gasteiger partial charge in [-0.25, -0.2) is 14.5 Å². The van der Waals surface area contributed by atoms with Crippen LogP contribution in [0, 0.1) is 0 Å². The molecular weight excluding hydrogens is 955 g/mol. The summed E-state index contributed by atoms with van der Waals surface area (Å²) in [7, 11) is 1.92. The van der Waals surface area contributed by atoms with Crippen molar-refractivity contribution < 1.29 is 43.2 Å². The first-order valence-corrected chi connectivity index (χ1v) is 23.6. The van der Waals surface area contributed by atoms with Crippen molar-refractivity contribution in [3.63, 3.8) is 0 Å². The third-order valence-corrected chi connectivity index (χ3v) is 11.5. The first-order chi connectivity index (χ1) is 32.9. The van der Waals surface area contributed by atoms with E-state index >= 15 is 0 Å². The largest absolute Gasteiger partial charge is 0.480 e. The van der Waals surface area contributed by atoms with Crippen LogP contribution < -0.4 is 31.1 Å². The van der Waals surface area contributed by atoms with Gasteiger partial charge >= 0.3 is 5.97 Å². The second-order valence-electron chi connectivity index (χ2n) is 16.7. The Bertz CT molecular complexity index is 2580. The van der Waals surface area contributed by atoms with Crippen molar-refractivity contribution in [2.75, 3.05) is 71.2 Å². The fourth-order valence-corrected chi connectivity index (χ4v) is 7.83. The molecule has 0 spiro atoms. The summed E-state index contributed by atoms with van der Waals surface area (Å²) in [6.07, 6.45) is 0.114. The second-order valence-corrected chi connectivity index (χ2v) is 18.0. The number of benzene rings is 3. The van der Waals surface area contributed by atoms with Crippen LogP contribution in [0.4, 0.5) is 5.69 Å². The number of carboxylic acid groups (broad SMARTS) is 1. The van der Waals surface area contributed by atoms with Crippen LogP contribution in [0.3, 0.4) is 0 Å². The number of anilines is 1. The van der Waals surface area contributed by atoms with E-state index in [1.54, 1.807) is 62.4 Å². The molecule has 5 aromatic rings. The molecule has 0 saturated carbocycles. The molecule has 5 N–H and O–H groups in total. The third kappa shape index (κ3) is 15.6. The molecule has 0 radical (unpaired) electrons. The molecule has 5 rings (SSSR count). The highest BCUT2D eigenvalue weighted by Gasteiger charge is 2.30. The summed E-state index contributed by atoms with van der Waals surface area (Å²) in [4.78, 5) is 72.7. The number of hydrogen-bond donors (Lipinski definition) is 5. The molecule has 2 aromatic heterocycles. The van der Waals surface area contributed by atoms with Crippen LogP contribution in [0.25, 0.3) is 16.7 Å². The first kappa shape index (κ1) is 54.2. The topological polar surface area (TPSA) is 228 Å². The number of fused-ring (bicyclic) bond motifs is 1. The quantitative estimate of drug-likeness (QED) is 0.0362. The van der Waals surface area contributed by atoms with Crippen LogP contribution in [0.1, 0.15) is 80.8 Å². The monoisotopic (exact) mass is 1010 g/mol. The Morgan fingerprint density at radius 1 is 0.870 bits per heavy atom. The van der Waals surface area contributed by atoms with Crippen LogP contribution in [0.2, 0.25) is 15.1 Å². The lowest BCUT2D eigenvalue weighted by Gasteiger charge is -2.25. The Labute approximate surface area is 415 Å². The van der Waals surface area contributed by atoms with E-state index in [9.17, 15) is 29.1 Å². The van der Waals surface area contributed by atoms with Gasteiger partial charge in [0.05, 0.1) is 55.4 Å². The molecule has 1 atom stereocenters. The Morgan fingerprint density at radius 3 is 2.04 bits per heavy atom. The van der Waals surface area contributed by atoms with Crippen molar-refractivity contribution in [1.29, 1.82) is 0 Å². The van der Waals surface area contributed by atoms with Gasteiger partial charge in [-0.05, 0) is 87.2 Å². The predicted octanol–water partition coefficient (Wildman–Crippen LogP) is 6.34. The van der Waals surface area contributed by atoms with Gasteiger partial charge in [-0.2, -0.15) is 5.10 Å². The van der Waals surface area contributed by atoms with Crippen LogP contribution in [0.5, 0.6) is 5.75 Å². The zero-order valence-electron chi connectivity index (χ0n) is 39.5. The van der Waals surface area contributed by atoms with E-state index in [2.05, 4.69) is 26.0 Å². The lowest BCUT2D eigenvalue weighted by atomic mass is 10.1. The maximum absolute atomic E-state index is 13.4. The summed E-state index contributed by atoms with van der Waals surface area (Å²) in [6.45, 7) is 12.1. The predicted molar refractivity (Wildman–Crippen MR) is 265 cm³/mol. The minimum atomic E-state index is -1.23. The van der Waals surface area contributed by atoms with Crippen molar-refractivity contribution in [2.45, 2.75) is 71.4 Å². The molecule has 0 aliphatic heterocycles. The van der Waals surface area contributed by atoms with Crippen molar-refractivity contribution in [3.05, 3.63) is 109 Å². The van der Waals surface area contributed by atoms with Gasteiger partial charge in [0.1, 0.15) is 28.7 Å². The molecule has 3 amide bonds. The third-order valence-electron chi connectivity index (χ3n) is 10.7. The van der Waals surface area contributed by atoms with Crippen LogP contribution in [0.15, 0.2) is 65.5 Å². The number of carbonyl (C=O) groups is 4. The zero-order chi connectivity index (χ0) is 50.3. The van der Waals surface area contributed by atoms with E-state index in [-0.39, 0.29) is 85.5 Å². The number of H-pyrrole nitrogens is 1. The van der Waals surface area contributed by atoms with E-state index in [1.165, 1.54) is 4.68 Å². The Hall–Kier alpha value is -5.76. The number of rotatable bonds is 27. The number of aromatic amines is 1. The van der Waals surface area contributed by atoms with Crippen molar-refractivity contribution in [3.8, 4) is 11.4 Å². The zero-order valence-corrected chi connectivity index (χ0v) is 41.7. The number of nitrogens with zero attached hydrogens (tertiary/aromatic N) is 4. The van der Waals surface area contributed by atoms with Gasteiger partial charge in [0.15, 0.2) is 11.2 Å². The highest BCUT2D eigenvalue weighted by molar-refractivity contribution is 6.40. The van der Waals surface area contributed by atoms with Gasteiger partial charge in [-0.3, -0.25) is 19.2 Å². The van der Waals surface area contributed by atoms with E-state index in [1.807, 2.05) is 44.9 Å². The molecule has 0 unspecified atom stereocenters. The maximum atomic E-state index is 13.4. The van der Waals surface area contributed by atoms with Crippen molar-refractivity contribution in [1.82, 2.24) is 35.7 Å². The SMILES string of the molecule is CCN(C)c1ccc(C(=O)N[C@H](CCC(=O)NCCOCCOCCOCCNC(=O)C(C)(C)Oc2ccc(Cc3nc4c(c(C(C)C)nn4-c4c(Cl)cc(Cl)cc4Cl)c(=O)[nH]3)cc2)C(=O)O)cc1. The van der Waals surface area contributed by atoms with Gasteiger partial charge in [-0.15, -0.1) is 0 Å². The summed E-state index contributed by atoms with van der Waals surface area (Å²) in [5, 5.41) is 23.5. The molecule has 0 saturated heterocycles. The lowest BCUT2D eigenvalue weighted by Crippen LogP contribution is -2.47. The number of carbonyl (C=O) groups excluding carboxylic acids is 3. The van der Waals surface area contributed by atoms with Gasteiger partial charge in [0.25, 0.3) is 17.4 Å². The number of hydrogen-bond acceptors (Lipinski definition) is 12. The van der Waals surface area contributed by atoms with Crippen LogP contribution in [-0.2, 0) is 35.0 Å². The number of amides is 3. The molecule has 18 nitrogen and oxygen atoms in total. The van der Waals surface area contributed by atoms with Gasteiger partial charge in [0.2, 0.25) is 5.91 Å². The van der Waals surface area contributed by atoms with Crippen LogP contribution >= 0.6 is 34.8 Å². The highest BCUT2D eigenvalue weighted by Crippen LogP contribution is 2.35. The normalized spacial score (nSPS) is 12.0. The smallest absolute Gasteiger partial charge is 0.326 e. The number of carboxylic acids is 1. The Balaban J connectivity index is 0.935. The molecule has 21 heteroatoms. The van der Waals surface area contributed by atoms with Gasteiger partial charge < -0.3 is 49.9 Å². The Kier molecular flexibility index (Phi) is 20.2. The molecule has 3 aromatic carbocycles. The minimum absolute atomic E-state index is 0.0724. The average molecular weight is 1010 g/mol. The summed E-state index contributed by atoms with van der Waals surface area (Å²) in [6, 6.07) is 15.8. The van der Waals surface area contributed by atoms with Gasteiger partial charge in [-0.1, -0.05) is 60.8 Å². The minimum Gasteiger partial charge on any atom is -0.480 e. The number of halogens is 3. The van der Waals surface area contributed by atoms with Gasteiger partial charge in [0, 0.05) is 55.8 Å². The average Bonchev–Trinajstić information content (AvgIpc) is 3.68. The van der Waals surface area contributed by atoms with Crippen LogP contribution in [-0.4, -0.2) is 127 Å². The molecule has 69 heavy (non-hydrogen) atoms. The number of aliphatic carboxylic acids is 1. The summed E-state index contributed by atoms with van der Waals surface area (Å²) in [5.41, 5.74) is 1.76. The number of ether oxygens (including phenoxy) is 4.